The molecule has 38 heavy (non-hydrogen) atoms. The predicted molar refractivity (Wildman–Crippen MR) is 146 cm³/mol. The molecule has 212 valence electrons. The molecule has 0 aromatic rings. The van der Waals surface area contributed by atoms with Crippen LogP contribution in [0.1, 0.15) is 72.1 Å². The fourth-order valence-electron chi connectivity index (χ4n) is 7.90. The standard InChI is InChI=1S/C30H47N3O5/c1-6-15-31(16-7-2)26(35)23-24-27(36)33(18-12-19-34)25(30(24)20-21(4)29(23,5)38-30)28(37)32(17-8-3)22-13-10-9-11-14-22/h6,8,21-25,34H,1,3,7,9-20H2,2,4-5H3/t21?,23-,24-,25?,29+,30?/m0/s1. The van der Waals surface area contributed by atoms with E-state index in [9.17, 15) is 19.5 Å². The first kappa shape index (κ1) is 28.8. The Hall–Kier alpha value is -2.19. The first-order valence-corrected chi connectivity index (χ1v) is 14.6. The number of hydrogen-bond donors (Lipinski definition) is 1. The van der Waals surface area contributed by atoms with Gasteiger partial charge in [0.2, 0.25) is 17.7 Å². The largest absolute Gasteiger partial charge is 0.396 e. The fourth-order valence-corrected chi connectivity index (χ4v) is 7.90. The molecule has 6 atom stereocenters. The molecule has 1 aliphatic carbocycles. The minimum absolute atomic E-state index is 0.00309. The number of rotatable bonds is 12. The zero-order chi connectivity index (χ0) is 27.7. The lowest BCUT2D eigenvalue weighted by Crippen LogP contribution is -2.58. The van der Waals surface area contributed by atoms with Crippen molar-refractivity contribution in [3.8, 4) is 0 Å². The van der Waals surface area contributed by atoms with Crippen LogP contribution in [0.15, 0.2) is 25.3 Å². The van der Waals surface area contributed by atoms with Crippen LogP contribution in [0.3, 0.4) is 0 Å². The first-order chi connectivity index (χ1) is 18.2. The predicted octanol–water partition coefficient (Wildman–Crippen LogP) is 3.15. The van der Waals surface area contributed by atoms with Gasteiger partial charge in [0.05, 0.1) is 17.4 Å². The lowest BCUT2D eigenvalue weighted by Gasteiger charge is -2.41. The van der Waals surface area contributed by atoms with Crippen molar-refractivity contribution in [3.63, 3.8) is 0 Å². The molecule has 3 saturated heterocycles. The van der Waals surface area contributed by atoms with E-state index in [0.717, 1.165) is 32.1 Å². The van der Waals surface area contributed by atoms with Crippen LogP contribution in [-0.4, -0.2) is 93.6 Å². The SMILES string of the molecule is C=CCN(CCC)C(=O)[C@@H]1[C@H]2C(=O)N(CCCO)C(C(=O)N(CC=C)C3CCCCC3)C23CC(C)[C@@]1(C)O3. The minimum atomic E-state index is -1.06. The van der Waals surface area contributed by atoms with Crippen LogP contribution >= 0.6 is 0 Å². The Morgan fingerprint density at radius 2 is 1.84 bits per heavy atom. The Morgan fingerprint density at radius 1 is 1.16 bits per heavy atom. The zero-order valence-electron chi connectivity index (χ0n) is 23.6. The van der Waals surface area contributed by atoms with E-state index in [0.29, 0.717) is 32.5 Å². The van der Waals surface area contributed by atoms with Crippen LogP contribution in [0.4, 0.5) is 0 Å². The summed E-state index contributed by atoms with van der Waals surface area (Å²) < 4.78 is 6.88. The molecule has 1 saturated carbocycles. The van der Waals surface area contributed by atoms with Crippen LogP contribution in [-0.2, 0) is 19.1 Å². The van der Waals surface area contributed by atoms with Gasteiger partial charge >= 0.3 is 0 Å². The van der Waals surface area contributed by atoms with Gasteiger partial charge in [0.1, 0.15) is 11.6 Å². The normalized spacial score (nSPS) is 34.3. The summed E-state index contributed by atoms with van der Waals surface area (Å²) in [6.07, 6.45) is 10.4. The maximum atomic E-state index is 14.5. The highest BCUT2D eigenvalue weighted by atomic mass is 16.5. The number of likely N-dealkylation sites (tertiary alicyclic amines) is 1. The maximum Gasteiger partial charge on any atom is 0.248 e. The van der Waals surface area contributed by atoms with Gasteiger partial charge in [-0.15, -0.1) is 13.2 Å². The van der Waals surface area contributed by atoms with Crippen LogP contribution in [0.5, 0.6) is 0 Å². The van der Waals surface area contributed by atoms with Crippen molar-refractivity contribution in [2.24, 2.45) is 17.8 Å². The smallest absolute Gasteiger partial charge is 0.248 e. The maximum absolute atomic E-state index is 14.5. The van der Waals surface area contributed by atoms with Gasteiger partial charge in [-0.2, -0.15) is 0 Å². The number of aliphatic hydroxyl groups is 1. The number of fused-ring (bicyclic) bond motifs is 1. The van der Waals surface area contributed by atoms with Crippen LogP contribution in [0, 0.1) is 17.8 Å². The van der Waals surface area contributed by atoms with Crippen molar-refractivity contribution in [2.75, 3.05) is 32.8 Å². The number of carbonyl (C=O) groups excluding carboxylic acids is 3. The Balaban J connectivity index is 1.78. The summed E-state index contributed by atoms with van der Waals surface area (Å²) in [5, 5.41) is 9.63. The molecule has 4 rings (SSSR count). The third kappa shape index (κ3) is 4.51. The third-order valence-corrected chi connectivity index (χ3v) is 9.65. The van der Waals surface area contributed by atoms with Gasteiger partial charge in [-0.3, -0.25) is 14.4 Å². The minimum Gasteiger partial charge on any atom is -0.396 e. The molecule has 3 heterocycles. The number of ether oxygens (including phenoxy) is 1. The lowest BCUT2D eigenvalue weighted by molar-refractivity contribution is -0.156. The van der Waals surface area contributed by atoms with E-state index in [1.807, 2.05) is 18.7 Å². The van der Waals surface area contributed by atoms with Crippen molar-refractivity contribution in [1.29, 1.82) is 0 Å². The Morgan fingerprint density at radius 3 is 2.45 bits per heavy atom. The van der Waals surface area contributed by atoms with Crippen molar-refractivity contribution >= 4 is 17.7 Å². The molecule has 3 unspecified atom stereocenters. The Kier molecular flexibility index (Phi) is 8.72. The number of hydrogen-bond acceptors (Lipinski definition) is 5. The summed E-state index contributed by atoms with van der Waals surface area (Å²) in [6.45, 7) is 15.4. The highest BCUT2D eigenvalue weighted by molar-refractivity contribution is 5.99. The molecular formula is C30H47N3O5. The average Bonchev–Trinajstić information content (AvgIpc) is 3.42. The van der Waals surface area contributed by atoms with Crippen LogP contribution in [0.2, 0.25) is 0 Å². The quantitative estimate of drug-likeness (QED) is 0.392. The number of carbonyl (C=O) groups is 3. The number of nitrogens with zero attached hydrogens (tertiary/aromatic N) is 3. The Labute approximate surface area is 228 Å². The molecule has 4 aliphatic rings. The molecule has 3 amide bonds. The third-order valence-electron chi connectivity index (χ3n) is 9.65. The van der Waals surface area contributed by atoms with Gasteiger partial charge in [-0.25, -0.2) is 0 Å². The first-order valence-electron chi connectivity index (χ1n) is 14.6. The van der Waals surface area contributed by atoms with E-state index in [2.05, 4.69) is 20.1 Å². The van der Waals surface area contributed by atoms with E-state index in [-0.39, 0.29) is 42.8 Å². The molecule has 3 aliphatic heterocycles. The van der Waals surface area contributed by atoms with Crippen LogP contribution in [0.25, 0.3) is 0 Å². The molecule has 8 heteroatoms. The van der Waals surface area contributed by atoms with E-state index in [1.54, 1.807) is 22.0 Å². The van der Waals surface area contributed by atoms with E-state index >= 15 is 0 Å². The molecule has 0 aromatic heterocycles. The topological polar surface area (TPSA) is 90.4 Å². The Bertz CT molecular complexity index is 933. The van der Waals surface area contributed by atoms with Gasteiger partial charge in [0.15, 0.2) is 0 Å². The molecule has 2 bridgehead atoms. The van der Waals surface area contributed by atoms with E-state index < -0.39 is 29.1 Å². The molecule has 4 fully saturated rings. The zero-order valence-corrected chi connectivity index (χ0v) is 23.6. The van der Waals surface area contributed by atoms with Gasteiger partial charge < -0.3 is 24.5 Å². The highest BCUT2D eigenvalue weighted by Gasteiger charge is 2.80. The van der Waals surface area contributed by atoms with E-state index in [1.165, 1.54) is 6.42 Å². The molecule has 1 N–H and O–H groups in total. The second-order valence-corrected chi connectivity index (χ2v) is 12.0. The van der Waals surface area contributed by atoms with Crippen molar-refractivity contribution in [2.45, 2.75) is 95.4 Å². The summed E-state index contributed by atoms with van der Waals surface area (Å²) in [4.78, 5) is 48.2. The van der Waals surface area contributed by atoms with E-state index in [4.69, 9.17) is 4.74 Å². The van der Waals surface area contributed by atoms with Crippen LogP contribution < -0.4 is 0 Å². The highest BCUT2D eigenvalue weighted by Crippen LogP contribution is 2.65. The second-order valence-electron chi connectivity index (χ2n) is 12.0. The summed E-state index contributed by atoms with van der Waals surface area (Å²) >= 11 is 0. The van der Waals surface area contributed by atoms with Gasteiger partial charge in [0, 0.05) is 38.8 Å². The lowest BCUT2D eigenvalue weighted by atomic mass is 9.62. The summed E-state index contributed by atoms with van der Waals surface area (Å²) in [7, 11) is 0. The number of amides is 3. The summed E-state index contributed by atoms with van der Waals surface area (Å²) in [6, 6.07) is -0.703. The molecule has 0 radical (unpaired) electrons. The fraction of sp³-hybridized carbons (Fsp3) is 0.767. The van der Waals surface area contributed by atoms with Gasteiger partial charge in [0.25, 0.3) is 0 Å². The van der Waals surface area contributed by atoms with Gasteiger partial charge in [-0.1, -0.05) is 45.3 Å². The molecule has 1 spiro atoms. The number of aliphatic hydroxyl groups excluding tert-OH is 1. The molecular weight excluding hydrogens is 482 g/mol. The average molecular weight is 530 g/mol. The second kappa shape index (κ2) is 11.5. The van der Waals surface area contributed by atoms with Crippen molar-refractivity contribution in [1.82, 2.24) is 14.7 Å². The summed E-state index contributed by atoms with van der Waals surface area (Å²) in [5.41, 5.74) is -1.89. The molecule has 8 nitrogen and oxygen atoms in total. The summed E-state index contributed by atoms with van der Waals surface area (Å²) in [5.74, 6) is -1.77. The molecule has 0 aromatic carbocycles. The van der Waals surface area contributed by atoms with Crippen molar-refractivity contribution < 1.29 is 24.2 Å². The monoisotopic (exact) mass is 529 g/mol. The van der Waals surface area contributed by atoms with Gasteiger partial charge in [-0.05, 0) is 44.9 Å². The van der Waals surface area contributed by atoms with Crippen molar-refractivity contribution in [3.05, 3.63) is 25.3 Å².